The predicted molar refractivity (Wildman–Crippen MR) is 132 cm³/mol. The van der Waals surface area contributed by atoms with Crippen molar-refractivity contribution in [2.75, 3.05) is 0 Å². The summed E-state index contributed by atoms with van der Waals surface area (Å²) >= 11 is 0. The van der Waals surface area contributed by atoms with Gasteiger partial charge in [-0.3, -0.25) is 0 Å². The first kappa shape index (κ1) is 22.6. The average molecular weight is 402 g/mol. The number of hydrogen-bond acceptors (Lipinski definition) is 0. The zero-order chi connectivity index (χ0) is 22.2. The van der Waals surface area contributed by atoms with Crippen molar-refractivity contribution in [3.63, 3.8) is 0 Å². The molecule has 0 atom stereocenters. The summed E-state index contributed by atoms with van der Waals surface area (Å²) in [6.45, 7) is 17.9. The van der Waals surface area contributed by atoms with Crippen molar-refractivity contribution in [1.82, 2.24) is 0 Å². The van der Waals surface area contributed by atoms with E-state index < -0.39 is 0 Å². The highest BCUT2D eigenvalue weighted by atomic mass is 19.1. The van der Waals surface area contributed by atoms with E-state index in [0.29, 0.717) is 11.8 Å². The number of hydrogen-bond donors (Lipinski definition) is 0. The molecule has 1 aliphatic heterocycles. The molecule has 158 valence electrons. The van der Waals surface area contributed by atoms with Crippen molar-refractivity contribution in [2.45, 2.75) is 80.1 Å². The molecule has 2 heteroatoms. The molecule has 0 saturated heterocycles. The third kappa shape index (κ3) is 3.94. The molecule has 30 heavy (non-hydrogen) atoms. The minimum Gasteiger partial charge on any atom is -0.207 e. The second-order valence-electron chi connectivity index (χ2n) is 9.37. The predicted octanol–water partition coefficient (Wildman–Crippen LogP) is 6.84. The standard InChI is InChI=1S/C28H36BF/c1-9-11-12-23-20(8)29(26-13-19(7)27(30)16-25(23)26)28-21(10-2)14-22(17(3)4)15-24(28)18(5)6/h11-18H,9-10H2,1-8H3/b12-11-. The van der Waals surface area contributed by atoms with Crippen molar-refractivity contribution >= 4 is 23.2 Å². The van der Waals surface area contributed by atoms with Crippen LogP contribution in [0.15, 0.2) is 41.9 Å². The van der Waals surface area contributed by atoms with Crippen molar-refractivity contribution in [2.24, 2.45) is 0 Å². The molecule has 0 unspecified atom stereocenters. The maximum Gasteiger partial charge on any atom is 0.239 e. The zero-order valence-electron chi connectivity index (χ0n) is 20.0. The van der Waals surface area contributed by atoms with Gasteiger partial charge < -0.3 is 0 Å². The first-order chi connectivity index (χ1) is 14.2. The molecule has 0 fully saturated rings. The third-order valence-electron chi connectivity index (χ3n) is 6.59. The molecule has 0 bridgehead atoms. The first-order valence-electron chi connectivity index (χ1n) is 11.5. The van der Waals surface area contributed by atoms with Gasteiger partial charge in [-0.25, -0.2) is 4.39 Å². The van der Waals surface area contributed by atoms with Crippen molar-refractivity contribution in [1.29, 1.82) is 0 Å². The van der Waals surface area contributed by atoms with E-state index in [4.69, 9.17) is 0 Å². The molecule has 0 aromatic heterocycles. The molecular weight excluding hydrogens is 366 g/mol. The molecule has 0 nitrogen and oxygen atoms in total. The summed E-state index contributed by atoms with van der Waals surface area (Å²) in [5, 5.41) is 0. The van der Waals surface area contributed by atoms with Gasteiger partial charge in [0.1, 0.15) is 5.82 Å². The van der Waals surface area contributed by atoms with Crippen LogP contribution in [0, 0.1) is 12.7 Å². The quantitative estimate of drug-likeness (QED) is 0.464. The van der Waals surface area contributed by atoms with Crippen LogP contribution in [0.25, 0.3) is 5.57 Å². The molecule has 0 spiro atoms. The summed E-state index contributed by atoms with van der Waals surface area (Å²) in [6, 6.07) is 8.68. The topological polar surface area (TPSA) is 0 Å². The molecule has 0 N–H and O–H groups in total. The molecule has 0 amide bonds. The SMILES string of the molecule is CC/C=C\C1=C(C)B(c2c(CC)cc(C(C)C)cc2C(C)C)c2cc(C)c(F)cc21. The lowest BCUT2D eigenvalue weighted by molar-refractivity contribution is 0.618. The van der Waals surface area contributed by atoms with Crippen LogP contribution in [0.5, 0.6) is 0 Å². The Kier molecular flexibility index (Phi) is 6.75. The summed E-state index contributed by atoms with van der Waals surface area (Å²) in [6.07, 6.45) is 6.38. The van der Waals surface area contributed by atoms with Gasteiger partial charge in [0.25, 0.3) is 0 Å². The van der Waals surface area contributed by atoms with Crippen LogP contribution in [-0.2, 0) is 6.42 Å². The monoisotopic (exact) mass is 402 g/mol. The van der Waals surface area contributed by atoms with E-state index in [1.807, 2.05) is 6.92 Å². The van der Waals surface area contributed by atoms with Crippen LogP contribution >= 0.6 is 0 Å². The lowest BCUT2D eigenvalue weighted by Gasteiger charge is -2.25. The Labute approximate surface area is 183 Å². The van der Waals surface area contributed by atoms with Gasteiger partial charge in [0.15, 0.2) is 0 Å². The smallest absolute Gasteiger partial charge is 0.207 e. The highest BCUT2D eigenvalue weighted by Gasteiger charge is 2.36. The highest BCUT2D eigenvalue weighted by molar-refractivity contribution is 6.94. The van der Waals surface area contributed by atoms with Crippen LogP contribution in [0.2, 0.25) is 0 Å². The third-order valence-corrected chi connectivity index (χ3v) is 6.59. The van der Waals surface area contributed by atoms with Crippen LogP contribution in [-0.4, -0.2) is 6.71 Å². The molecular formula is C28H36BF. The molecule has 1 aliphatic rings. The van der Waals surface area contributed by atoms with E-state index in [2.05, 4.69) is 78.8 Å². The number of aryl methyl sites for hydroxylation is 2. The Hall–Kier alpha value is -2.09. The Morgan fingerprint density at radius 3 is 2.23 bits per heavy atom. The van der Waals surface area contributed by atoms with E-state index in [-0.39, 0.29) is 12.5 Å². The van der Waals surface area contributed by atoms with Gasteiger partial charge in [0.2, 0.25) is 6.71 Å². The van der Waals surface area contributed by atoms with Gasteiger partial charge in [-0.05, 0) is 65.5 Å². The second-order valence-corrected chi connectivity index (χ2v) is 9.37. The molecule has 3 rings (SSSR count). The Bertz CT molecular complexity index is 1010. The van der Waals surface area contributed by atoms with E-state index in [1.54, 1.807) is 6.07 Å². The molecule has 0 aliphatic carbocycles. The lowest BCUT2D eigenvalue weighted by atomic mass is 9.36. The molecule has 2 aromatic carbocycles. The van der Waals surface area contributed by atoms with E-state index in [1.165, 1.54) is 38.7 Å². The maximum absolute atomic E-state index is 14.6. The van der Waals surface area contributed by atoms with Crippen molar-refractivity contribution in [3.8, 4) is 0 Å². The second kappa shape index (κ2) is 8.96. The van der Waals surface area contributed by atoms with Crippen LogP contribution in [0.4, 0.5) is 4.39 Å². The zero-order valence-corrected chi connectivity index (χ0v) is 20.0. The van der Waals surface area contributed by atoms with Crippen molar-refractivity contribution in [3.05, 3.63) is 75.5 Å². The van der Waals surface area contributed by atoms with E-state index in [9.17, 15) is 4.39 Å². The van der Waals surface area contributed by atoms with Crippen LogP contribution in [0.3, 0.4) is 0 Å². The summed E-state index contributed by atoms with van der Waals surface area (Å²) < 4.78 is 14.6. The number of benzene rings is 2. The fourth-order valence-electron chi connectivity index (χ4n) is 4.82. The Morgan fingerprint density at radius 1 is 0.967 bits per heavy atom. The molecule has 0 saturated carbocycles. The van der Waals surface area contributed by atoms with Crippen LogP contribution < -0.4 is 10.9 Å². The minimum atomic E-state index is -0.112. The molecule has 0 radical (unpaired) electrons. The van der Waals surface area contributed by atoms with Gasteiger partial charge in [-0.2, -0.15) is 0 Å². The lowest BCUT2D eigenvalue weighted by Crippen LogP contribution is -2.46. The highest BCUT2D eigenvalue weighted by Crippen LogP contribution is 2.32. The molecule has 1 heterocycles. The number of halogens is 1. The van der Waals surface area contributed by atoms with Gasteiger partial charge in [-0.15, -0.1) is 0 Å². The van der Waals surface area contributed by atoms with Gasteiger partial charge >= 0.3 is 0 Å². The summed E-state index contributed by atoms with van der Waals surface area (Å²) in [5.74, 6) is 0.838. The minimum absolute atomic E-state index is 0.112. The first-order valence-corrected chi connectivity index (χ1v) is 11.5. The summed E-state index contributed by atoms with van der Waals surface area (Å²) in [4.78, 5) is 0. The van der Waals surface area contributed by atoms with Gasteiger partial charge in [-0.1, -0.05) is 101 Å². The van der Waals surface area contributed by atoms with Gasteiger partial charge in [0.05, 0.1) is 0 Å². The fraction of sp³-hybridized carbons (Fsp3) is 0.429. The fourth-order valence-corrected chi connectivity index (χ4v) is 4.82. The summed E-state index contributed by atoms with van der Waals surface area (Å²) in [5.41, 5.74) is 11.3. The summed E-state index contributed by atoms with van der Waals surface area (Å²) in [7, 11) is 0. The van der Waals surface area contributed by atoms with E-state index in [0.717, 1.165) is 24.0 Å². The van der Waals surface area contributed by atoms with Crippen molar-refractivity contribution < 1.29 is 4.39 Å². The number of fused-ring (bicyclic) bond motifs is 1. The largest absolute Gasteiger partial charge is 0.239 e. The van der Waals surface area contributed by atoms with Gasteiger partial charge in [0, 0.05) is 0 Å². The Morgan fingerprint density at radius 2 is 1.67 bits per heavy atom. The van der Waals surface area contributed by atoms with Crippen LogP contribution in [0.1, 0.15) is 94.5 Å². The van der Waals surface area contributed by atoms with E-state index >= 15 is 0 Å². The Balaban J connectivity index is 2.36. The normalized spacial score (nSPS) is 14.0. The average Bonchev–Trinajstić information content (AvgIpc) is 2.95. The number of rotatable bonds is 6. The maximum atomic E-state index is 14.6. The number of allylic oxidation sites excluding steroid dienone is 4. The molecule has 2 aromatic rings.